The average molecular weight is 134 g/mol. The van der Waals surface area contributed by atoms with Crippen molar-refractivity contribution < 1.29 is 4.89 Å². The minimum atomic E-state index is -1.84. The zero-order valence-electron chi connectivity index (χ0n) is 5.01. The van der Waals surface area contributed by atoms with Crippen LogP contribution < -0.4 is 5.50 Å². The molecule has 48 valence electrons. The van der Waals surface area contributed by atoms with Gasteiger partial charge in [0.25, 0.3) is 0 Å². The fourth-order valence-corrected chi connectivity index (χ4v) is 2.83. The van der Waals surface area contributed by atoms with E-state index in [1.165, 1.54) is 6.42 Å². The Bertz CT molecular complexity index is 76.5. The summed E-state index contributed by atoms with van der Waals surface area (Å²) in [6.07, 6.45) is 5.33. The fraction of sp³-hybridized carbons (Fsp3) is 1.00. The van der Waals surface area contributed by atoms with Crippen LogP contribution in [0.4, 0.5) is 0 Å². The van der Waals surface area contributed by atoms with Crippen LogP contribution in [0.2, 0.25) is 0 Å². The third-order valence-corrected chi connectivity index (χ3v) is 3.77. The molecule has 1 rings (SSSR count). The lowest BCUT2D eigenvalue weighted by Crippen LogP contribution is -2.15. The molecule has 1 aliphatic rings. The molecule has 1 saturated heterocycles. The van der Waals surface area contributed by atoms with Crippen molar-refractivity contribution in [3.05, 3.63) is 0 Å². The van der Waals surface area contributed by atoms with Gasteiger partial charge < -0.3 is 0 Å². The minimum Gasteiger partial charge on any atom is -0.233 e. The second kappa shape index (κ2) is 2.30. The standard InChI is InChI=1S/C5H13NOP/c6-8(7)4-2-1-3-5-8/h7H,1-6H2/q+1. The summed E-state index contributed by atoms with van der Waals surface area (Å²) in [5.74, 6) is 0. The number of rotatable bonds is 0. The largest absolute Gasteiger partial charge is 0.233 e. The van der Waals surface area contributed by atoms with Crippen molar-refractivity contribution in [1.82, 2.24) is 0 Å². The van der Waals surface area contributed by atoms with E-state index in [9.17, 15) is 4.89 Å². The molecule has 1 heterocycles. The Kier molecular flexibility index (Phi) is 1.86. The van der Waals surface area contributed by atoms with Crippen LogP contribution in [-0.4, -0.2) is 17.2 Å². The van der Waals surface area contributed by atoms with E-state index in [2.05, 4.69) is 0 Å². The van der Waals surface area contributed by atoms with Crippen molar-refractivity contribution in [2.75, 3.05) is 12.3 Å². The topological polar surface area (TPSA) is 46.2 Å². The summed E-state index contributed by atoms with van der Waals surface area (Å²) in [7, 11) is -1.84. The lowest BCUT2D eigenvalue weighted by Gasteiger charge is -2.18. The van der Waals surface area contributed by atoms with Crippen molar-refractivity contribution in [3.63, 3.8) is 0 Å². The van der Waals surface area contributed by atoms with Crippen LogP contribution in [0.1, 0.15) is 19.3 Å². The van der Waals surface area contributed by atoms with Crippen molar-refractivity contribution >= 4 is 7.64 Å². The van der Waals surface area contributed by atoms with E-state index in [4.69, 9.17) is 5.50 Å². The molecule has 0 aromatic carbocycles. The Balaban J connectivity index is 2.33. The summed E-state index contributed by atoms with van der Waals surface area (Å²) < 4.78 is 0. The summed E-state index contributed by atoms with van der Waals surface area (Å²) in [6, 6.07) is 0. The second-order valence-electron chi connectivity index (χ2n) is 2.49. The molecule has 0 unspecified atom stereocenters. The van der Waals surface area contributed by atoms with Crippen LogP contribution in [0.15, 0.2) is 0 Å². The molecule has 8 heavy (non-hydrogen) atoms. The number of nitrogens with two attached hydrogens (primary N) is 1. The van der Waals surface area contributed by atoms with Gasteiger partial charge in [0, 0.05) is 0 Å². The van der Waals surface area contributed by atoms with E-state index in [-0.39, 0.29) is 0 Å². The van der Waals surface area contributed by atoms with Crippen molar-refractivity contribution in [2.45, 2.75) is 19.3 Å². The highest BCUT2D eigenvalue weighted by molar-refractivity contribution is 7.68. The first-order valence-electron chi connectivity index (χ1n) is 3.09. The third kappa shape index (κ3) is 1.70. The molecule has 0 radical (unpaired) electrons. The van der Waals surface area contributed by atoms with Crippen LogP contribution in [0.5, 0.6) is 0 Å². The zero-order valence-corrected chi connectivity index (χ0v) is 5.90. The first kappa shape index (κ1) is 6.47. The van der Waals surface area contributed by atoms with Crippen LogP contribution in [0.3, 0.4) is 0 Å². The summed E-state index contributed by atoms with van der Waals surface area (Å²) in [5.41, 5.74) is 5.54. The van der Waals surface area contributed by atoms with E-state index >= 15 is 0 Å². The third-order valence-electron chi connectivity index (χ3n) is 1.59. The van der Waals surface area contributed by atoms with Gasteiger partial charge in [0.05, 0.1) is 0 Å². The summed E-state index contributed by atoms with van der Waals surface area (Å²) in [4.78, 5) is 9.26. The summed E-state index contributed by atoms with van der Waals surface area (Å²) in [6.45, 7) is 0. The Labute approximate surface area is 50.6 Å². The van der Waals surface area contributed by atoms with Gasteiger partial charge in [-0.15, -0.1) is 0 Å². The molecular weight excluding hydrogens is 121 g/mol. The van der Waals surface area contributed by atoms with Crippen LogP contribution in [0, 0.1) is 0 Å². The first-order valence-corrected chi connectivity index (χ1v) is 5.27. The minimum absolute atomic E-state index is 0.896. The predicted octanol–water partition coefficient (Wildman–Crippen LogP) is 0.969. The van der Waals surface area contributed by atoms with Crippen molar-refractivity contribution in [3.8, 4) is 0 Å². The molecule has 1 fully saturated rings. The van der Waals surface area contributed by atoms with Gasteiger partial charge in [0.1, 0.15) is 12.3 Å². The molecular formula is C5H13NOP+. The Morgan fingerprint density at radius 2 is 1.62 bits per heavy atom. The monoisotopic (exact) mass is 134 g/mol. The van der Waals surface area contributed by atoms with Gasteiger partial charge in [0.15, 0.2) is 0 Å². The predicted molar refractivity (Wildman–Crippen MR) is 36.9 cm³/mol. The first-order chi connectivity index (χ1) is 3.71. The number of hydrogen-bond acceptors (Lipinski definition) is 2. The smallest absolute Gasteiger partial charge is 0.206 e. The van der Waals surface area contributed by atoms with Crippen LogP contribution >= 0.6 is 7.64 Å². The lowest BCUT2D eigenvalue weighted by atomic mass is 10.3. The van der Waals surface area contributed by atoms with Gasteiger partial charge >= 0.3 is 0 Å². The highest BCUT2D eigenvalue weighted by Crippen LogP contribution is 2.50. The van der Waals surface area contributed by atoms with Gasteiger partial charge in [-0.3, -0.25) is 0 Å². The molecule has 3 N–H and O–H groups in total. The molecule has 0 aliphatic carbocycles. The summed E-state index contributed by atoms with van der Waals surface area (Å²) in [5, 5.41) is 0. The molecule has 0 bridgehead atoms. The highest BCUT2D eigenvalue weighted by atomic mass is 31.2. The van der Waals surface area contributed by atoms with Gasteiger partial charge in [0.2, 0.25) is 7.64 Å². The van der Waals surface area contributed by atoms with E-state index in [0.29, 0.717) is 0 Å². The molecule has 0 atom stereocenters. The van der Waals surface area contributed by atoms with Gasteiger partial charge in [-0.2, -0.15) is 5.50 Å². The molecule has 3 heteroatoms. The molecule has 0 spiro atoms. The Hall–Kier alpha value is 0.350. The highest BCUT2D eigenvalue weighted by Gasteiger charge is 2.31. The van der Waals surface area contributed by atoms with E-state index < -0.39 is 7.64 Å². The lowest BCUT2D eigenvalue weighted by molar-refractivity contribution is 0.569. The zero-order chi connectivity index (χ0) is 6.04. The van der Waals surface area contributed by atoms with E-state index in [1.54, 1.807) is 0 Å². The quantitative estimate of drug-likeness (QED) is 0.485. The maximum Gasteiger partial charge on any atom is 0.206 e. The average Bonchev–Trinajstić information content (AvgIpc) is 1.65. The molecule has 0 amide bonds. The van der Waals surface area contributed by atoms with Crippen LogP contribution in [0.25, 0.3) is 0 Å². The molecule has 0 aromatic rings. The summed E-state index contributed by atoms with van der Waals surface area (Å²) >= 11 is 0. The van der Waals surface area contributed by atoms with Crippen LogP contribution in [-0.2, 0) is 0 Å². The van der Waals surface area contributed by atoms with Gasteiger partial charge in [-0.05, 0) is 19.3 Å². The van der Waals surface area contributed by atoms with Crippen molar-refractivity contribution in [2.24, 2.45) is 5.50 Å². The number of hydrogen-bond donors (Lipinski definition) is 2. The second-order valence-corrected chi connectivity index (χ2v) is 5.36. The van der Waals surface area contributed by atoms with Crippen molar-refractivity contribution in [1.29, 1.82) is 0 Å². The maximum absolute atomic E-state index is 9.26. The van der Waals surface area contributed by atoms with Gasteiger partial charge in [-0.1, -0.05) is 0 Å². The maximum atomic E-state index is 9.26. The van der Waals surface area contributed by atoms with E-state index in [1.807, 2.05) is 0 Å². The van der Waals surface area contributed by atoms with Gasteiger partial charge in [-0.25, -0.2) is 4.89 Å². The Morgan fingerprint density at radius 3 is 1.88 bits per heavy atom. The molecule has 1 aliphatic heterocycles. The normalized spacial score (nSPS) is 27.8. The Morgan fingerprint density at radius 1 is 1.12 bits per heavy atom. The van der Waals surface area contributed by atoms with E-state index in [0.717, 1.165) is 25.2 Å². The molecule has 2 nitrogen and oxygen atoms in total. The molecule has 0 saturated carbocycles. The SMILES string of the molecule is N[P+]1(O)CCCCC1. The fourth-order valence-electron chi connectivity index (χ4n) is 1.06. The molecule has 0 aromatic heterocycles.